The number of benzene rings is 2. The van der Waals surface area contributed by atoms with Crippen molar-refractivity contribution in [1.82, 2.24) is 0 Å². The van der Waals surface area contributed by atoms with Crippen LogP contribution in [0.15, 0.2) is 48.5 Å². The first-order valence-electron chi connectivity index (χ1n) is 6.53. The molecule has 4 nitrogen and oxygen atoms in total. The van der Waals surface area contributed by atoms with Crippen molar-refractivity contribution in [3.63, 3.8) is 0 Å². The van der Waals surface area contributed by atoms with Crippen LogP contribution < -0.4 is 10.1 Å². The second kappa shape index (κ2) is 6.51. The summed E-state index contributed by atoms with van der Waals surface area (Å²) in [5, 5.41) is 2.51. The molecule has 0 unspecified atom stereocenters. The summed E-state index contributed by atoms with van der Waals surface area (Å²) in [5.41, 5.74) is -0.496. The zero-order valence-electron chi connectivity index (χ0n) is 12.0. The number of esters is 1. The number of carbonyl (C=O) groups is 2. The number of amides is 1. The molecule has 0 saturated carbocycles. The van der Waals surface area contributed by atoms with E-state index >= 15 is 0 Å². The fourth-order valence-electron chi connectivity index (χ4n) is 1.84. The van der Waals surface area contributed by atoms with Gasteiger partial charge >= 0.3 is 12.1 Å². The third kappa shape index (κ3) is 4.32. The van der Waals surface area contributed by atoms with Gasteiger partial charge in [-0.15, -0.1) is 0 Å². The summed E-state index contributed by atoms with van der Waals surface area (Å²) in [6.45, 7) is 1.33. The van der Waals surface area contributed by atoms with E-state index in [1.807, 2.05) is 0 Å². The quantitative estimate of drug-likeness (QED) is 0.689. The van der Waals surface area contributed by atoms with E-state index in [0.717, 1.165) is 12.1 Å². The lowest BCUT2D eigenvalue weighted by atomic mass is 10.2. The maximum Gasteiger partial charge on any atom is 0.419 e. The predicted molar refractivity (Wildman–Crippen MR) is 77.1 cm³/mol. The molecule has 2 rings (SSSR count). The van der Waals surface area contributed by atoms with Crippen molar-refractivity contribution in [2.75, 3.05) is 5.32 Å². The Balaban J connectivity index is 2.18. The summed E-state index contributed by atoms with van der Waals surface area (Å²) < 4.78 is 43.4. The highest BCUT2D eigenvalue weighted by atomic mass is 19.4. The van der Waals surface area contributed by atoms with Crippen molar-refractivity contribution in [3.8, 4) is 5.75 Å². The van der Waals surface area contributed by atoms with Gasteiger partial charge in [0.1, 0.15) is 5.75 Å². The van der Waals surface area contributed by atoms with E-state index in [2.05, 4.69) is 5.32 Å². The fraction of sp³-hybridized carbons (Fsp3) is 0.125. The van der Waals surface area contributed by atoms with Gasteiger partial charge in [0, 0.05) is 12.6 Å². The predicted octanol–water partition coefficient (Wildman–Crippen LogP) is 3.88. The smallest absolute Gasteiger partial charge is 0.419 e. The number of hydrogen-bond acceptors (Lipinski definition) is 3. The van der Waals surface area contributed by atoms with Crippen molar-refractivity contribution >= 4 is 17.6 Å². The van der Waals surface area contributed by atoms with Gasteiger partial charge in [0.15, 0.2) is 0 Å². The van der Waals surface area contributed by atoms with Gasteiger partial charge in [0.2, 0.25) is 5.91 Å². The summed E-state index contributed by atoms with van der Waals surface area (Å²) in [5.74, 6) is -1.76. The Kier molecular flexibility index (Phi) is 4.68. The SMILES string of the molecule is CC(=O)Nc1ccc(C(=O)Oc2ccccc2C(F)(F)F)cc1. The van der Waals surface area contributed by atoms with Gasteiger partial charge in [-0.1, -0.05) is 12.1 Å². The molecule has 1 amide bonds. The van der Waals surface area contributed by atoms with Crippen LogP contribution in [0.2, 0.25) is 0 Å². The molecular formula is C16H12F3NO3. The number of hydrogen-bond donors (Lipinski definition) is 1. The molecular weight excluding hydrogens is 311 g/mol. The van der Waals surface area contributed by atoms with Gasteiger partial charge < -0.3 is 10.1 Å². The van der Waals surface area contributed by atoms with Crippen LogP contribution in [-0.4, -0.2) is 11.9 Å². The van der Waals surface area contributed by atoms with E-state index in [1.54, 1.807) is 0 Å². The van der Waals surface area contributed by atoms with Crippen LogP contribution in [0.1, 0.15) is 22.8 Å². The van der Waals surface area contributed by atoms with Crippen LogP contribution >= 0.6 is 0 Å². The lowest BCUT2D eigenvalue weighted by Gasteiger charge is -2.12. The molecule has 0 aliphatic heterocycles. The second-order valence-corrected chi connectivity index (χ2v) is 4.64. The minimum Gasteiger partial charge on any atom is -0.422 e. The number of carbonyl (C=O) groups excluding carboxylic acids is 2. The van der Waals surface area contributed by atoms with E-state index in [0.29, 0.717) is 5.69 Å². The standard InChI is InChI=1S/C16H12F3NO3/c1-10(21)20-12-8-6-11(7-9-12)15(22)23-14-5-3-2-4-13(14)16(17,18)19/h2-9H,1H3,(H,20,21). The van der Waals surface area contributed by atoms with Gasteiger partial charge in [0.25, 0.3) is 0 Å². The molecule has 0 spiro atoms. The average molecular weight is 323 g/mol. The topological polar surface area (TPSA) is 55.4 Å². The Labute approximate surface area is 129 Å². The van der Waals surface area contributed by atoms with Crippen molar-refractivity contribution in [3.05, 3.63) is 59.7 Å². The molecule has 0 aliphatic rings. The summed E-state index contributed by atoms with van der Waals surface area (Å²) in [6, 6.07) is 10.1. The molecule has 0 heterocycles. The van der Waals surface area contributed by atoms with Crippen LogP contribution in [-0.2, 0) is 11.0 Å². The number of anilines is 1. The summed E-state index contributed by atoms with van der Waals surface area (Å²) >= 11 is 0. The van der Waals surface area contributed by atoms with E-state index in [1.165, 1.54) is 43.3 Å². The second-order valence-electron chi connectivity index (χ2n) is 4.64. The van der Waals surface area contributed by atoms with Crippen LogP contribution in [0, 0.1) is 0 Å². The van der Waals surface area contributed by atoms with E-state index in [9.17, 15) is 22.8 Å². The van der Waals surface area contributed by atoms with Gasteiger partial charge in [-0.05, 0) is 36.4 Å². The van der Waals surface area contributed by atoms with Gasteiger partial charge in [-0.25, -0.2) is 4.79 Å². The van der Waals surface area contributed by atoms with Crippen molar-refractivity contribution in [2.24, 2.45) is 0 Å². The fourth-order valence-corrected chi connectivity index (χ4v) is 1.84. The number of ether oxygens (including phenoxy) is 1. The van der Waals surface area contributed by atoms with Crippen molar-refractivity contribution in [1.29, 1.82) is 0 Å². The third-order valence-electron chi connectivity index (χ3n) is 2.84. The van der Waals surface area contributed by atoms with Crippen LogP contribution in [0.5, 0.6) is 5.75 Å². The molecule has 120 valence electrons. The first-order chi connectivity index (χ1) is 10.8. The molecule has 2 aromatic rings. The number of para-hydroxylation sites is 1. The van der Waals surface area contributed by atoms with Crippen molar-refractivity contribution in [2.45, 2.75) is 13.1 Å². The Morgan fingerprint density at radius 1 is 1.00 bits per heavy atom. The maximum atomic E-state index is 12.8. The molecule has 1 N–H and O–H groups in total. The first kappa shape index (κ1) is 16.5. The lowest BCUT2D eigenvalue weighted by Crippen LogP contribution is -2.14. The Morgan fingerprint density at radius 3 is 2.17 bits per heavy atom. The molecule has 0 radical (unpaired) electrons. The van der Waals surface area contributed by atoms with Gasteiger partial charge in [0.05, 0.1) is 11.1 Å². The molecule has 0 fully saturated rings. The number of alkyl halides is 3. The number of rotatable bonds is 3. The van der Waals surface area contributed by atoms with E-state index in [4.69, 9.17) is 4.74 Å². The largest absolute Gasteiger partial charge is 0.422 e. The van der Waals surface area contributed by atoms with Gasteiger partial charge in [-0.2, -0.15) is 13.2 Å². The summed E-state index contributed by atoms with van der Waals surface area (Å²) in [7, 11) is 0. The molecule has 23 heavy (non-hydrogen) atoms. The van der Waals surface area contributed by atoms with Crippen LogP contribution in [0.4, 0.5) is 18.9 Å². The molecule has 7 heteroatoms. The highest BCUT2D eigenvalue weighted by molar-refractivity contribution is 5.93. The number of nitrogens with one attached hydrogen (secondary N) is 1. The Morgan fingerprint density at radius 2 is 1.61 bits per heavy atom. The zero-order valence-corrected chi connectivity index (χ0v) is 12.0. The minimum absolute atomic E-state index is 0.0658. The zero-order chi connectivity index (χ0) is 17.0. The van der Waals surface area contributed by atoms with Gasteiger partial charge in [-0.3, -0.25) is 4.79 Å². The molecule has 0 bridgehead atoms. The molecule has 0 aliphatic carbocycles. The number of halogens is 3. The van der Waals surface area contributed by atoms with Crippen LogP contribution in [0.25, 0.3) is 0 Å². The maximum absolute atomic E-state index is 12.8. The highest BCUT2D eigenvalue weighted by Crippen LogP contribution is 2.36. The first-order valence-corrected chi connectivity index (χ1v) is 6.53. The molecule has 2 aromatic carbocycles. The monoisotopic (exact) mass is 323 g/mol. The Bertz CT molecular complexity index is 724. The van der Waals surface area contributed by atoms with Crippen molar-refractivity contribution < 1.29 is 27.5 Å². The van der Waals surface area contributed by atoms with Crippen LogP contribution in [0.3, 0.4) is 0 Å². The average Bonchev–Trinajstić information content (AvgIpc) is 2.46. The normalized spacial score (nSPS) is 11.0. The lowest BCUT2D eigenvalue weighted by molar-refractivity contribution is -0.138. The highest BCUT2D eigenvalue weighted by Gasteiger charge is 2.34. The molecule has 0 saturated heterocycles. The van der Waals surface area contributed by atoms with E-state index in [-0.39, 0.29) is 11.5 Å². The summed E-state index contributed by atoms with van der Waals surface area (Å²) in [6.07, 6.45) is -4.62. The molecule has 0 aromatic heterocycles. The third-order valence-corrected chi connectivity index (χ3v) is 2.84. The minimum atomic E-state index is -4.62. The summed E-state index contributed by atoms with van der Waals surface area (Å²) in [4.78, 5) is 22.8. The Hall–Kier alpha value is -2.83. The molecule has 0 atom stereocenters. The van der Waals surface area contributed by atoms with E-state index < -0.39 is 23.5 Å².